The van der Waals surface area contributed by atoms with Gasteiger partial charge < -0.3 is 5.11 Å². The van der Waals surface area contributed by atoms with Crippen LogP contribution in [0.3, 0.4) is 0 Å². The molecule has 3 heteroatoms. The van der Waals surface area contributed by atoms with Gasteiger partial charge in [-0.2, -0.15) is 5.26 Å². The molecule has 0 fully saturated rings. The van der Waals surface area contributed by atoms with E-state index in [0.29, 0.717) is 6.42 Å². The van der Waals surface area contributed by atoms with E-state index in [-0.39, 0.29) is 5.75 Å². The Morgan fingerprint density at radius 2 is 2.21 bits per heavy atom. The van der Waals surface area contributed by atoms with Gasteiger partial charge in [0.15, 0.2) is 0 Å². The normalized spacial score (nSPS) is 9.93. The van der Waals surface area contributed by atoms with E-state index in [4.69, 9.17) is 5.26 Å². The SMILES string of the molecule is N#CCc1cnc2ccc(O)cc2c1. The summed E-state index contributed by atoms with van der Waals surface area (Å²) in [6.07, 6.45) is 2.03. The first-order chi connectivity index (χ1) is 6.79. The van der Waals surface area contributed by atoms with Crippen molar-refractivity contribution in [3.63, 3.8) is 0 Å². The third kappa shape index (κ3) is 1.50. The Hall–Kier alpha value is -2.08. The van der Waals surface area contributed by atoms with Crippen molar-refractivity contribution in [2.45, 2.75) is 6.42 Å². The molecule has 0 aliphatic rings. The van der Waals surface area contributed by atoms with Gasteiger partial charge in [0.2, 0.25) is 0 Å². The van der Waals surface area contributed by atoms with Crippen LogP contribution in [-0.2, 0) is 6.42 Å². The van der Waals surface area contributed by atoms with Crippen molar-refractivity contribution >= 4 is 10.9 Å². The van der Waals surface area contributed by atoms with Gasteiger partial charge in [-0.05, 0) is 29.8 Å². The lowest BCUT2D eigenvalue weighted by atomic mass is 10.1. The molecule has 0 spiro atoms. The standard InChI is InChI=1S/C11H8N2O/c12-4-3-8-5-9-6-10(14)1-2-11(9)13-7-8/h1-2,5-7,14H,3H2. The molecule has 0 bridgehead atoms. The second kappa shape index (κ2) is 3.35. The highest BCUT2D eigenvalue weighted by Gasteiger charge is 1.98. The fourth-order valence-electron chi connectivity index (χ4n) is 1.35. The summed E-state index contributed by atoms with van der Waals surface area (Å²) in [5, 5.41) is 18.6. The average molecular weight is 184 g/mol. The van der Waals surface area contributed by atoms with Crippen molar-refractivity contribution in [1.82, 2.24) is 4.98 Å². The molecule has 0 amide bonds. The van der Waals surface area contributed by atoms with Crippen molar-refractivity contribution in [2.24, 2.45) is 0 Å². The van der Waals surface area contributed by atoms with E-state index in [9.17, 15) is 5.11 Å². The fourth-order valence-corrected chi connectivity index (χ4v) is 1.35. The Bertz CT molecular complexity index is 514. The maximum Gasteiger partial charge on any atom is 0.116 e. The van der Waals surface area contributed by atoms with Crippen molar-refractivity contribution in [3.05, 3.63) is 36.0 Å². The number of aromatic nitrogens is 1. The number of hydrogen-bond donors (Lipinski definition) is 1. The van der Waals surface area contributed by atoms with Gasteiger partial charge in [-0.1, -0.05) is 0 Å². The summed E-state index contributed by atoms with van der Waals surface area (Å²) < 4.78 is 0. The monoisotopic (exact) mass is 184 g/mol. The van der Waals surface area contributed by atoms with Gasteiger partial charge in [0.05, 0.1) is 18.0 Å². The molecule has 0 aliphatic heterocycles. The lowest BCUT2D eigenvalue weighted by molar-refractivity contribution is 0.476. The summed E-state index contributed by atoms with van der Waals surface area (Å²) in [4.78, 5) is 4.18. The van der Waals surface area contributed by atoms with Crippen molar-refractivity contribution < 1.29 is 5.11 Å². The maximum atomic E-state index is 9.26. The Kier molecular flexibility index (Phi) is 2.04. The summed E-state index contributed by atoms with van der Waals surface area (Å²) in [6, 6.07) is 8.92. The van der Waals surface area contributed by atoms with Gasteiger partial charge in [-0.3, -0.25) is 4.98 Å². The molecule has 3 nitrogen and oxygen atoms in total. The molecule has 2 rings (SSSR count). The van der Waals surface area contributed by atoms with Gasteiger partial charge in [0.1, 0.15) is 5.75 Å². The molecule has 68 valence electrons. The number of nitrogens with zero attached hydrogens (tertiary/aromatic N) is 2. The van der Waals surface area contributed by atoms with Gasteiger partial charge in [-0.25, -0.2) is 0 Å². The summed E-state index contributed by atoms with van der Waals surface area (Å²) in [7, 11) is 0. The number of nitriles is 1. The van der Waals surface area contributed by atoms with E-state index >= 15 is 0 Å². The van der Waals surface area contributed by atoms with Crippen LogP contribution in [0, 0.1) is 11.3 Å². The number of rotatable bonds is 1. The number of benzene rings is 1. The first kappa shape index (κ1) is 8.52. The summed E-state index contributed by atoms with van der Waals surface area (Å²) in [5.74, 6) is 0.216. The lowest BCUT2D eigenvalue weighted by Crippen LogP contribution is -1.85. The number of phenolic OH excluding ortho intramolecular Hbond substituents is 1. The molecule has 1 heterocycles. The predicted molar refractivity (Wildman–Crippen MR) is 52.7 cm³/mol. The van der Waals surface area contributed by atoms with Crippen LogP contribution in [0.25, 0.3) is 10.9 Å². The molecule has 1 aromatic carbocycles. The first-order valence-electron chi connectivity index (χ1n) is 4.24. The smallest absolute Gasteiger partial charge is 0.116 e. The number of hydrogen-bond acceptors (Lipinski definition) is 3. The van der Waals surface area contributed by atoms with Gasteiger partial charge in [0.25, 0.3) is 0 Å². The summed E-state index contributed by atoms with van der Waals surface area (Å²) in [6.45, 7) is 0. The number of phenols is 1. The maximum absolute atomic E-state index is 9.26. The second-order valence-corrected chi connectivity index (χ2v) is 3.06. The Morgan fingerprint density at radius 3 is 3.00 bits per heavy atom. The molecule has 14 heavy (non-hydrogen) atoms. The fraction of sp³-hybridized carbons (Fsp3) is 0.0909. The van der Waals surface area contributed by atoms with Crippen LogP contribution in [0.15, 0.2) is 30.5 Å². The molecule has 2 aromatic rings. The highest BCUT2D eigenvalue weighted by Crippen LogP contribution is 2.18. The zero-order chi connectivity index (χ0) is 9.97. The molecule has 0 saturated carbocycles. The number of fused-ring (bicyclic) bond motifs is 1. The molecular formula is C11H8N2O. The van der Waals surface area contributed by atoms with Gasteiger partial charge >= 0.3 is 0 Å². The lowest BCUT2D eigenvalue weighted by Gasteiger charge is -1.99. The molecule has 0 atom stereocenters. The van der Waals surface area contributed by atoms with Crippen molar-refractivity contribution in [2.75, 3.05) is 0 Å². The number of pyridine rings is 1. The van der Waals surface area contributed by atoms with E-state index in [1.807, 2.05) is 6.07 Å². The Labute approximate surface area is 81.2 Å². The Balaban J connectivity index is 2.59. The van der Waals surface area contributed by atoms with Crippen LogP contribution < -0.4 is 0 Å². The highest BCUT2D eigenvalue weighted by atomic mass is 16.3. The van der Waals surface area contributed by atoms with Crippen LogP contribution in [0.2, 0.25) is 0 Å². The zero-order valence-corrected chi connectivity index (χ0v) is 7.44. The third-order valence-electron chi connectivity index (χ3n) is 2.00. The Morgan fingerprint density at radius 1 is 1.36 bits per heavy atom. The van der Waals surface area contributed by atoms with Crippen LogP contribution >= 0.6 is 0 Å². The molecule has 1 aromatic heterocycles. The van der Waals surface area contributed by atoms with Crippen LogP contribution in [0.5, 0.6) is 5.75 Å². The molecule has 0 unspecified atom stereocenters. The predicted octanol–water partition coefficient (Wildman–Crippen LogP) is 2.01. The van der Waals surface area contributed by atoms with Gasteiger partial charge in [0, 0.05) is 11.6 Å². The summed E-state index contributed by atoms with van der Waals surface area (Å²) >= 11 is 0. The van der Waals surface area contributed by atoms with Gasteiger partial charge in [-0.15, -0.1) is 0 Å². The molecule has 0 saturated heterocycles. The topological polar surface area (TPSA) is 56.9 Å². The largest absolute Gasteiger partial charge is 0.508 e. The minimum Gasteiger partial charge on any atom is -0.508 e. The molecular weight excluding hydrogens is 176 g/mol. The minimum atomic E-state index is 0.216. The van der Waals surface area contributed by atoms with E-state index in [1.165, 1.54) is 0 Å². The van der Waals surface area contributed by atoms with E-state index in [1.54, 1.807) is 24.4 Å². The van der Waals surface area contributed by atoms with E-state index in [0.717, 1.165) is 16.5 Å². The minimum absolute atomic E-state index is 0.216. The quantitative estimate of drug-likeness (QED) is 0.737. The highest BCUT2D eigenvalue weighted by molar-refractivity contribution is 5.80. The van der Waals surface area contributed by atoms with Crippen molar-refractivity contribution in [3.8, 4) is 11.8 Å². The van der Waals surface area contributed by atoms with Crippen LogP contribution in [0.1, 0.15) is 5.56 Å². The molecule has 0 aliphatic carbocycles. The zero-order valence-electron chi connectivity index (χ0n) is 7.44. The molecule has 0 radical (unpaired) electrons. The first-order valence-corrected chi connectivity index (χ1v) is 4.24. The average Bonchev–Trinajstić information content (AvgIpc) is 2.17. The van der Waals surface area contributed by atoms with Crippen molar-refractivity contribution in [1.29, 1.82) is 5.26 Å². The van der Waals surface area contributed by atoms with Crippen LogP contribution in [-0.4, -0.2) is 10.1 Å². The van der Waals surface area contributed by atoms with E-state index < -0.39 is 0 Å². The third-order valence-corrected chi connectivity index (χ3v) is 2.00. The second-order valence-electron chi connectivity index (χ2n) is 3.06. The number of aromatic hydroxyl groups is 1. The molecule has 1 N–H and O–H groups in total. The van der Waals surface area contributed by atoms with E-state index in [2.05, 4.69) is 11.1 Å². The van der Waals surface area contributed by atoms with Crippen LogP contribution in [0.4, 0.5) is 0 Å². The summed E-state index contributed by atoms with van der Waals surface area (Å²) in [5.41, 5.74) is 1.69.